The number of benzene rings is 2. The van der Waals surface area contributed by atoms with Gasteiger partial charge in [-0.1, -0.05) is 24.3 Å². The summed E-state index contributed by atoms with van der Waals surface area (Å²) in [4.78, 5) is 25.5. The number of methoxy groups -OCH3 is 1. The van der Waals surface area contributed by atoms with Crippen molar-refractivity contribution in [2.75, 3.05) is 38.2 Å². The number of halogens is 1. The van der Waals surface area contributed by atoms with E-state index in [2.05, 4.69) is 9.97 Å². The molecule has 1 saturated heterocycles. The van der Waals surface area contributed by atoms with Gasteiger partial charge < -0.3 is 14.5 Å². The second-order valence-electron chi connectivity index (χ2n) is 6.30. The molecule has 0 atom stereocenters. The van der Waals surface area contributed by atoms with Crippen LogP contribution in [0.5, 0.6) is 5.88 Å². The number of hydrogen-bond acceptors (Lipinski definition) is 5. The van der Waals surface area contributed by atoms with Crippen molar-refractivity contribution < 1.29 is 13.9 Å². The lowest BCUT2D eigenvalue weighted by Gasteiger charge is -2.36. The molecule has 1 aromatic heterocycles. The number of anilines is 1. The van der Waals surface area contributed by atoms with Gasteiger partial charge in [-0.2, -0.15) is 0 Å². The fraction of sp³-hybridized carbons (Fsp3) is 0.250. The van der Waals surface area contributed by atoms with Crippen LogP contribution in [0.1, 0.15) is 10.5 Å². The molecule has 0 spiro atoms. The van der Waals surface area contributed by atoms with Gasteiger partial charge in [-0.3, -0.25) is 4.79 Å². The molecule has 27 heavy (non-hydrogen) atoms. The highest BCUT2D eigenvalue weighted by Gasteiger charge is 2.27. The van der Waals surface area contributed by atoms with Crippen molar-refractivity contribution in [2.24, 2.45) is 0 Å². The Morgan fingerprint density at radius 3 is 2.26 bits per heavy atom. The van der Waals surface area contributed by atoms with Crippen LogP contribution in [0.15, 0.2) is 48.5 Å². The molecule has 7 heteroatoms. The average Bonchev–Trinajstić information content (AvgIpc) is 2.72. The van der Waals surface area contributed by atoms with E-state index in [1.165, 1.54) is 13.2 Å². The van der Waals surface area contributed by atoms with Crippen LogP contribution in [-0.2, 0) is 0 Å². The predicted molar refractivity (Wildman–Crippen MR) is 101 cm³/mol. The molecule has 0 aliphatic carbocycles. The number of ether oxygens (including phenoxy) is 1. The number of amides is 1. The maximum Gasteiger partial charge on any atom is 0.278 e. The summed E-state index contributed by atoms with van der Waals surface area (Å²) in [6.07, 6.45) is 0. The van der Waals surface area contributed by atoms with Crippen molar-refractivity contribution in [3.8, 4) is 5.88 Å². The Bertz CT molecular complexity index is 987. The van der Waals surface area contributed by atoms with Gasteiger partial charge in [-0.15, -0.1) is 0 Å². The minimum atomic E-state index is -0.251. The quantitative estimate of drug-likeness (QED) is 0.713. The van der Waals surface area contributed by atoms with Gasteiger partial charge in [0.15, 0.2) is 5.69 Å². The van der Waals surface area contributed by atoms with Crippen LogP contribution in [0, 0.1) is 5.82 Å². The molecule has 0 N–H and O–H groups in total. The first kappa shape index (κ1) is 17.2. The molecule has 3 aromatic rings. The van der Waals surface area contributed by atoms with Gasteiger partial charge in [0, 0.05) is 26.2 Å². The average molecular weight is 366 g/mol. The lowest BCUT2D eigenvalue weighted by Crippen LogP contribution is -2.49. The van der Waals surface area contributed by atoms with E-state index in [4.69, 9.17) is 4.74 Å². The van der Waals surface area contributed by atoms with Crippen molar-refractivity contribution in [1.29, 1.82) is 0 Å². The fourth-order valence-electron chi connectivity index (χ4n) is 3.27. The standard InChI is InChI=1S/C20H19FN4O2/c1-27-19-18(22-15-7-3-4-8-16(15)23-19)20(26)25-12-10-24(11-13-25)17-9-5-2-6-14(17)21/h2-9H,10-13H2,1H3. The summed E-state index contributed by atoms with van der Waals surface area (Å²) < 4.78 is 19.3. The molecule has 0 radical (unpaired) electrons. The molecule has 4 rings (SSSR count). The third-order valence-electron chi connectivity index (χ3n) is 4.69. The molecule has 6 nitrogen and oxygen atoms in total. The number of carbonyl (C=O) groups excluding carboxylic acids is 1. The maximum absolute atomic E-state index is 14.0. The Labute approximate surface area is 156 Å². The maximum atomic E-state index is 14.0. The first-order valence-corrected chi connectivity index (χ1v) is 8.77. The zero-order valence-corrected chi connectivity index (χ0v) is 14.9. The van der Waals surface area contributed by atoms with E-state index in [1.54, 1.807) is 17.0 Å². The van der Waals surface area contributed by atoms with Crippen LogP contribution in [0.4, 0.5) is 10.1 Å². The van der Waals surface area contributed by atoms with Crippen LogP contribution in [0.3, 0.4) is 0 Å². The molecule has 0 unspecified atom stereocenters. The van der Waals surface area contributed by atoms with Crippen molar-refractivity contribution in [3.05, 3.63) is 60.0 Å². The van der Waals surface area contributed by atoms with E-state index in [-0.39, 0.29) is 23.3 Å². The molecule has 1 fully saturated rings. The third kappa shape index (κ3) is 3.28. The molecule has 2 aromatic carbocycles. The largest absolute Gasteiger partial charge is 0.479 e. The third-order valence-corrected chi connectivity index (χ3v) is 4.69. The second-order valence-corrected chi connectivity index (χ2v) is 6.30. The molecule has 138 valence electrons. The van der Waals surface area contributed by atoms with Crippen molar-refractivity contribution >= 4 is 22.6 Å². The second kappa shape index (κ2) is 7.19. The molecule has 0 bridgehead atoms. The van der Waals surface area contributed by atoms with Crippen LogP contribution >= 0.6 is 0 Å². The highest BCUT2D eigenvalue weighted by Crippen LogP contribution is 2.23. The molecule has 1 amide bonds. The van der Waals surface area contributed by atoms with E-state index < -0.39 is 0 Å². The van der Waals surface area contributed by atoms with Gasteiger partial charge in [0.2, 0.25) is 5.88 Å². The number of fused-ring (bicyclic) bond motifs is 1. The number of piperazine rings is 1. The highest BCUT2D eigenvalue weighted by atomic mass is 19.1. The summed E-state index contributed by atoms with van der Waals surface area (Å²) in [6.45, 7) is 2.06. The molecule has 1 aliphatic heterocycles. The predicted octanol–water partition coefficient (Wildman–Crippen LogP) is 2.74. The lowest BCUT2D eigenvalue weighted by atomic mass is 10.2. The summed E-state index contributed by atoms with van der Waals surface area (Å²) in [5.74, 6) is -0.257. The Morgan fingerprint density at radius 1 is 0.963 bits per heavy atom. The van der Waals surface area contributed by atoms with Crippen LogP contribution in [0.25, 0.3) is 11.0 Å². The number of para-hydroxylation sites is 3. The van der Waals surface area contributed by atoms with Gasteiger partial charge >= 0.3 is 0 Å². The van der Waals surface area contributed by atoms with Gasteiger partial charge in [-0.05, 0) is 24.3 Å². The summed E-state index contributed by atoms with van der Waals surface area (Å²) in [5, 5.41) is 0. The van der Waals surface area contributed by atoms with E-state index in [0.29, 0.717) is 42.9 Å². The van der Waals surface area contributed by atoms with E-state index >= 15 is 0 Å². The number of carbonyl (C=O) groups is 1. The molecule has 2 heterocycles. The molecular formula is C20H19FN4O2. The number of nitrogens with zero attached hydrogens (tertiary/aromatic N) is 4. The van der Waals surface area contributed by atoms with Crippen molar-refractivity contribution in [2.45, 2.75) is 0 Å². The number of hydrogen-bond donors (Lipinski definition) is 0. The number of rotatable bonds is 3. The summed E-state index contributed by atoms with van der Waals surface area (Å²) in [5.41, 5.74) is 2.09. The fourth-order valence-corrected chi connectivity index (χ4v) is 3.27. The van der Waals surface area contributed by atoms with Crippen LogP contribution in [-0.4, -0.2) is 54.1 Å². The molecule has 1 aliphatic rings. The Kier molecular flexibility index (Phi) is 4.58. The number of aromatic nitrogens is 2. The summed E-state index contributed by atoms with van der Waals surface area (Å²) >= 11 is 0. The normalized spacial score (nSPS) is 14.4. The smallest absolute Gasteiger partial charge is 0.278 e. The highest BCUT2D eigenvalue weighted by molar-refractivity contribution is 5.96. The van der Waals surface area contributed by atoms with E-state index in [9.17, 15) is 9.18 Å². The minimum absolute atomic E-state index is 0.204. The Morgan fingerprint density at radius 2 is 1.59 bits per heavy atom. The topological polar surface area (TPSA) is 58.6 Å². The Balaban J connectivity index is 1.54. The molecule has 0 saturated carbocycles. The minimum Gasteiger partial charge on any atom is -0.479 e. The van der Waals surface area contributed by atoms with Gasteiger partial charge in [0.05, 0.1) is 23.8 Å². The van der Waals surface area contributed by atoms with E-state index in [1.807, 2.05) is 35.2 Å². The van der Waals surface area contributed by atoms with E-state index in [0.717, 1.165) is 0 Å². The Hall–Kier alpha value is -3.22. The summed E-state index contributed by atoms with van der Waals surface area (Å²) in [7, 11) is 1.48. The zero-order chi connectivity index (χ0) is 18.8. The van der Waals surface area contributed by atoms with Crippen LogP contribution in [0.2, 0.25) is 0 Å². The molecular weight excluding hydrogens is 347 g/mol. The summed E-state index contributed by atoms with van der Waals surface area (Å²) in [6, 6.07) is 14.0. The van der Waals surface area contributed by atoms with Crippen molar-refractivity contribution in [1.82, 2.24) is 14.9 Å². The first-order chi connectivity index (χ1) is 13.2. The van der Waals surface area contributed by atoms with Crippen LogP contribution < -0.4 is 9.64 Å². The van der Waals surface area contributed by atoms with Gasteiger partial charge in [0.25, 0.3) is 5.91 Å². The SMILES string of the molecule is COc1nc2ccccc2nc1C(=O)N1CCN(c2ccccc2F)CC1. The van der Waals surface area contributed by atoms with Gasteiger partial charge in [0.1, 0.15) is 5.82 Å². The lowest BCUT2D eigenvalue weighted by molar-refractivity contribution is 0.0736. The zero-order valence-electron chi connectivity index (χ0n) is 14.9. The monoisotopic (exact) mass is 366 g/mol. The van der Waals surface area contributed by atoms with Crippen molar-refractivity contribution in [3.63, 3.8) is 0 Å². The van der Waals surface area contributed by atoms with Gasteiger partial charge in [-0.25, -0.2) is 14.4 Å². The first-order valence-electron chi connectivity index (χ1n) is 8.77.